The Morgan fingerprint density at radius 1 is 1.37 bits per heavy atom. The summed E-state index contributed by atoms with van der Waals surface area (Å²) in [6.45, 7) is 6.20. The van der Waals surface area contributed by atoms with Crippen LogP contribution in [0.5, 0.6) is 5.75 Å². The van der Waals surface area contributed by atoms with E-state index in [1.54, 1.807) is 25.3 Å². The summed E-state index contributed by atoms with van der Waals surface area (Å²) in [5, 5.41) is 29.1. The van der Waals surface area contributed by atoms with Crippen molar-refractivity contribution in [3.05, 3.63) is 54.5 Å². The largest absolute Gasteiger partial charge is 0.506 e. The predicted molar refractivity (Wildman–Crippen MR) is 101 cm³/mol. The van der Waals surface area contributed by atoms with Gasteiger partial charge in [-0.2, -0.15) is 10.4 Å². The van der Waals surface area contributed by atoms with Crippen LogP contribution in [-0.4, -0.2) is 38.7 Å². The number of aromatic nitrogens is 3. The van der Waals surface area contributed by atoms with Crippen LogP contribution in [0.15, 0.2) is 48.9 Å². The molecule has 0 aliphatic carbocycles. The Balaban J connectivity index is 1.75. The maximum absolute atomic E-state index is 11.4. The van der Waals surface area contributed by atoms with Gasteiger partial charge < -0.3 is 15.7 Å². The topological polar surface area (TPSA) is 115 Å². The van der Waals surface area contributed by atoms with Crippen LogP contribution in [-0.2, 0) is 4.79 Å². The molecule has 27 heavy (non-hydrogen) atoms. The zero-order valence-corrected chi connectivity index (χ0v) is 14.7. The lowest BCUT2D eigenvalue weighted by Gasteiger charge is -2.09. The summed E-state index contributed by atoms with van der Waals surface area (Å²) < 4.78 is 1.47. The Labute approximate surface area is 155 Å². The van der Waals surface area contributed by atoms with Crippen LogP contribution in [0.4, 0.5) is 5.82 Å². The van der Waals surface area contributed by atoms with E-state index in [-0.39, 0.29) is 11.7 Å². The molecule has 0 fully saturated rings. The van der Waals surface area contributed by atoms with E-state index in [1.165, 1.54) is 16.9 Å². The van der Waals surface area contributed by atoms with Gasteiger partial charge >= 0.3 is 0 Å². The van der Waals surface area contributed by atoms with Gasteiger partial charge in [0.25, 0.3) is 0 Å². The molecule has 0 radical (unpaired) electrons. The summed E-state index contributed by atoms with van der Waals surface area (Å²) in [5.74, 6) is 0.510. The van der Waals surface area contributed by atoms with E-state index < -0.39 is 0 Å². The summed E-state index contributed by atoms with van der Waals surface area (Å²) in [6, 6.07) is 7.31. The van der Waals surface area contributed by atoms with Crippen LogP contribution < -0.4 is 10.6 Å². The number of anilines is 1. The summed E-state index contributed by atoms with van der Waals surface area (Å²) >= 11 is 0. The molecule has 0 spiro atoms. The number of nitriles is 1. The van der Waals surface area contributed by atoms with Crippen LogP contribution in [0, 0.1) is 11.3 Å². The minimum absolute atomic E-state index is 0.0422. The summed E-state index contributed by atoms with van der Waals surface area (Å²) in [4.78, 5) is 15.8. The standard InChI is InChI=1S/C19H18N6O2/c1-12(2)19(27)22-6-5-21-17-4-3-13(9-23-17)16-7-15(26)11-25-18(16)14(8-20)10-24-25/h3-4,7,9-11,26H,1,5-6H2,2H3,(H,21,23)(H,22,27). The highest BCUT2D eigenvalue weighted by molar-refractivity contribution is 5.92. The second kappa shape index (κ2) is 7.58. The van der Waals surface area contributed by atoms with E-state index in [4.69, 9.17) is 0 Å². The molecule has 0 bridgehead atoms. The minimum atomic E-state index is -0.179. The first-order valence-electron chi connectivity index (χ1n) is 8.24. The number of nitrogens with one attached hydrogen (secondary N) is 2. The molecule has 0 aliphatic heterocycles. The molecule has 8 heteroatoms. The maximum Gasteiger partial charge on any atom is 0.246 e. The lowest BCUT2D eigenvalue weighted by Crippen LogP contribution is -2.29. The van der Waals surface area contributed by atoms with Crippen molar-refractivity contribution in [2.45, 2.75) is 6.92 Å². The van der Waals surface area contributed by atoms with Gasteiger partial charge in [0.1, 0.15) is 17.6 Å². The number of carbonyl (C=O) groups is 1. The smallest absolute Gasteiger partial charge is 0.246 e. The first kappa shape index (κ1) is 17.9. The number of nitrogens with zero attached hydrogens (tertiary/aromatic N) is 4. The fourth-order valence-electron chi connectivity index (χ4n) is 2.58. The molecule has 0 saturated heterocycles. The second-order valence-electron chi connectivity index (χ2n) is 5.97. The van der Waals surface area contributed by atoms with Gasteiger partial charge in [0.2, 0.25) is 5.91 Å². The molecule has 3 N–H and O–H groups in total. The molecular formula is C19H18N6O2. The molecule has 8 nitrogen and oxygen atoms in total. The highest BCUT2D eigenvalue weighted by Gasteiger charge is 2.13. The van der Waals surface area contributed by atoms with Crippen LogP contribution >= 0.6 is 0 Å². The Morgan fingerprint density at radius 2 is 2.19 bits per heavy atom. The van der Waals surface area contributed by atoms with Crippen molar-refractivity contribution in [3.8, 4) is 22.9 Å². The highest BCUT2D eigenvalue weighted by Crippen LogP contribution is 2.30. The van der Waals surface area contributed by atoms with Gasteiger partial charge in [0.15, 0.2) is 0 Å². The number of fused-ring (bicyclic) bond motifs is 1. The van der Waals surface area contributed by atoms with Crippen molar-refractivity contribution < 1.29 is 9.90 Å². The fraction of sp³-hybridized carbons (Fsp3) is 0.158. The minimum Gasteiger partial charge on any atom is -0.506 e. The van der Waals surface area contributed by atoms with Crippen molar-refractivity contribution in [1.82, 2.24) is 19.9 Å². The molecule has 0 unspecified atom stereocenters. The van der Waals surface area contributed by atoms with E-state index in [9.17, 15) is 15.2 Å². The van der Waals surface area contributed by atoms with Crippen LogP contribution in [0.1, 0.15) is 12.5 Å². The van der Waals surface area contributed by atoms with Gasteiger partial charge in [-0.25, -0.2) is 9.50 Å². The molecule has 136 valence electrons. The molecule has 0 atom stereocenters. The molecule has 0 saturated carbocycles. The Hall–Kier alpha value is -3.86. The molecule has 0 aliphatic rings. The average molecular weight is 362 g/mol. The average Bonchev–Trinajstić information content (AvgIpc) is 3.07. The van der Waals surface area contributed by atoms with Crippen LogP contribution in [0.25, 0.3) is 16.6 Å². The van der Waals surface area contributed by atoms with Gasteiger partial charge in [-0.3, -0.25) is 4.79 Å². The number of hydrogen-bond donors (Lipinski definition) is 3. The van der Waals surface area contributed by atoms with Crippen molar-refractivity contribution in [3.63, 3.8) is 0 Å². The highest BCUT2D eigenvalue weighted by atomic mass is 16.3. The molecule has 3 rings (SSSR count). The quantitative estimate of drug-likeness (QED) is 0.457. The lowest BCUT2D eigenvalue weighted by molar-refractivity contribution is -0.117. The third kappa shape index (κ3) is 3.88. The van der Waals surface area contributed by atoms with E-state index >= 15 is 0 Å². The molecule has 3 aromatic rings. The van der Waals surface area contributed by atoms with Crippen molar-refractivity contribution in [2.24, 2.45) is 0 Å². The molecular weight excluding hydrogens is 344 g/mol. The van der Waals surface area contributed by atoms with Gasteiger partial charge in [-0.05, 0) is 25.1 Å². The Bertz CT molecular complexity index is 1050. The summed E-state index contributed by atoms with van der Waals surface area (Å²) in [6.07, 6.45) is 4.56. The third-order valence-corrected chi connectivity index (χ3v) is 3.90. The number of hydrogen-bond acceptors (Lipinski definition) is 6. The fourth-order valence-corrected chi connectivity index (χ4v) is 2.58. The normalized spacial score (nSPS) is 10.4. The van der Waals surface area contributed by atoms with Crippen molar-refractivity contribution in [2.75, 3.05) is 18.4 Å². The maximum atomic E-state index is 11.4. The third-order valence-electron chi connectivity index (χ3n) is 3.90. The van der Waals surface area contributed by atoms with Crippen molar-refractivity contribution in [1.29, 1.82) is 5.26 Å². The van der Waals surface area contributed by atoms with E-state index in [2.05, 4.69) is 33.4 Å². The van der Waals surface area contributed by atoms with Gasteiger partial charge in [0.05, 0.1) is 23.5 Å². The molecule has 3 aromatic heterocycles. The van der Waals surface area contributed by atoms with Crippen molar-refractivity contribution >= 4 is 17.2 Å². The van der Waals surface area contributed by atoms with E-state index in [0.717, 1.165) is 5.56 Å². The first-order valence-corrected chi connectivity index (χ1v) is 8.24. The zero-order chi connectivity index (χ0) is 19.4. The second-order valence-corrected chi connectivity index (χ2v) is 5.97. The number of rotatable bonds is 6. The molecule has 1 amide bonds. The number of carbonyl (C=O) groups excluding carboxylic acids is 1. The Morgan fingerprint density at radius 3 is 2.85 bits per heavy atom. The first-order chi connectivity index (χ1) is 13.0. The van der Waals surface area contributed by atoms with Crippen LogP contribution in [0.2, 0.25) is 0 Å². The van der Waals surface area contributed by atoms with Gasteiger partial charge in [-0.1, -0.05) is 6.58 Å². The number of amides is 1. The number of aromatic hydroxyl groups is 1. The lowest BCUT2D eigenvalue weighted by atomic mass is 10.1. The predicted octanol–water partition coefficient (Wildman–Crippen LogP) is 2.08. The van der Waals surface area contributed by atoms with E-state index in [1.807, 2.05) is 6.07 Å². The Kier molecular flexibility index (Phi) is 5.04. The number of pyridine rings is 2. The summed E-state index contributed by atoms with van der Waals surface area (Å²) in [7, 11) is 0. The molecule has 0 aromatic carbocycles. The van der Waals surface area contributed by atoms with E-state index in [0.29, 0.717) is 41.1 Å². The van der Waals surface area contributed by atoms with Crippen LogP contribution in [0.3, 0.4) is 0 Å². The van der Waals surface area contributed by atoms with Gasteiger partial charge in [0, 0.05) is 36.0 Å². The zero-order valence-electron chi connectivity index (χ0n) is 14.7. The monoisotopic (exact) mass is 362 g/mol. The van der Waals surface area contributed by atoms with Gasteiger partial charge in [-0.15, -0.1) is 0 Å². The SMILES string of the molecule is C=C(C)C(=O)NCCNc1ccc(-c2cc(O)cn3ncc(C#N)c23)cn1. The summed E-state index contributed by atoms with van der Waals surface area (Å²) in [5.41, 5.74) is 2.90. The molecule has 3 heterocycles.